The van der Waals surface area contributed by atoms with E-state index in [9.17, 15) is 4.79 Å². The Morgan fingerprint density at radius 2 is 1.81 bits per heavy atom. The number of nitrogens with one attached hydrogen (secondary N) is 1. The van der Waals surface area contributed by atoms with Gasteiger partial charge in [-0.05, 0) is 35.4 Å². The highest BCUT2D eigenvalue weighted by Gasteiger charge is 2.02. The van der Waals surface area contributed by atoms with Gasteiger partial charge in [0.05, 0.1) is 0 Å². The summed E-state index contributed by atoms with van der Waals surface area (Å²) in [6, 6.07) is 12.5. The molecule has 0 bridgehead atoms. The lowest BCUT2D eigenvalue weighted by Gasteiger charge is -2.04. The molecule has 2 aromatic carbocycles. The molecule has 1 amide bonds. The predicted molar refractivity (Wildman–Crippen MR) is 88.8 cm³/mol. The van der Waals surface area contributed by atoms with Gasteiger partial charge in [0.1, 0.15) is 0 Å². The fourth-order valence-electron chi connectivity index (χ4n) is 1.69. The summed E-state index contributed by atoms with van der Waals surface area (Å²) in [5, 5.41) is 4.44. The molecule has 0 aliphatic rings. The molecule has 0 atom stereocenters. The summed E-state index contributed by atoms with van der Waals surface area (Å²) in [4.78, 5) is 11.8. The molecule has 21 heavy (non-hydrogen) atoms. The Morgan fingerprint density at radius 3 is 2.52 bits per heavy atom. The number of amides is 1. The Balaban J connectivity index is 1.95. The van der Waals surface area contributed by atoms with Crippen molar-refractivity contribution >= 4 is 46.8 Å². The van der Waals surface area contributed by atoms with Crippen molar-refractivity contribution in [2.24, 2.45) is 0 Å². The first kappa shape index (κ1) is 15.9. The Labute approximate surface area is 138 Å². The molecule has 0 unspecified atom stereocenters. The van der Waals surface area contributed by atoms with E-state index in [0.717, 1.165) is 11.1 Å². The van der Waals surface area contributed by atoms with Gasteiger partial charge in [-0.2, -0.15) is 0 Å². The van der Waals surface area contributed by atoms with Crippen molar-refractivity contribution in [2.75, 3.05) is 0 Å². The molecule has 2 rings (SSSR count). The average Bonchev–Trinajstić information content (AvgIpc) is 2.45. The third kappa shape index (κ3) is 4.78. The lowest BCUT2D eigenvalue weighted by Crippen LogP contribution is -2.20. The van der Waals surface area contributed by atoms with Crippen molar-refractivity contribution in [3.8, 4) is 0 Å². The van der Waals surface area contributed by atoms with Gasteiger partial charge in [-0.25, -0.2) is 0 Å². The molecule has 0 heterocycles. The van der Waals surface area contributed by atoms with Gasteiger partial charge in [0.15, 0.2) is 0 Å². The summed E-state index contributed by atoms with van der Waals surface area (Å²) in [7, 11) is 0. The van der Waals surface area contributed by atoms with Gasteiger partial charge in [0.2, 0.25) is 5.91 Å². The molecule has 0 saturated heterocycles. The van der Waals surface area contributed by atoms with Gasteiger partial charge < -0.3 is 5.32 Å². The lowest BCUT2D eigenvalue weighted by atomic mass is 10.2. The third-order valence-corrected chi connectivity index (χ3v) is 3.72. The SMILES string of the molecule is O=C(/C=C/c1ccc(Cl)cc1Cl)NCc1ccccc1Cl. The molecular formula is C16H12Cl3NO. The Bertz CT molecular complexity index is 683. The zero-order valence-electron chi connectivity index (χ0n) is 10.9. The fourth-order valence-corrected chi connectivity index (χ4v) is 2.36. The molecule has 0 aromatic heterocycles. The topological polar surface area (TPSA) is 29.1 Å². The van der Waals surface area contributed by atoms with E-state index in [1.807, 2.05) is 18.2 Å². The third-order valence-electron chi connectivity index (χ3n) is 2.79. The van der Waals surface area contributed by atoms with E-state index < -0.39 is 0 Å². The first-order valence-electron chi connectivity index (χ1n) is 6.20. The number of carbonyl (C=O) groups excluding carboxylic acids is 1. The molecule has 0 aliphatic carbocycles. The van der Waals surface area contributed by atoms with E-state index in [1.165, 1.54) is 6.08 Å². The van der Waals surface area contributed by atoms with E-state index in [-0.39, 0.29) is 5.91 Å². The number of hydrogen-bond donors (Lipinski definition) is 1. The Morgan fingerprint density at radius 1 is 1.05 bits per heavy atom. The van der Waals surface area contributed by atoms with Crippen LogP contribution >= 0.6 is 34.8 Å². The maximum atomic E-state index is 11.8. The molecule has 108 valence electrons. The fraction of sp³-hybridized carbons (Fsp3) is 0.0625. The van der Waals surface area contributed by atoms with Gasteiger partial charge in [0, 0.05) is 27.7 Å². The largest absolute Gasteiger partial charge is 0.348 e. The standard InChI is InChI=1S/C16H12Cl3NO/c17-13-7-5-11(15(19)9-13)6-8-16(21)20-10-12-3-1-2-4-14(12)18/h1-9H,10H2,(H,20,21)/b8-6+. The van der Waals surface area contributed by atoms with Crippen LogP contribution in [0.15, 0.2) is 48.5 Å². The number of carbonyl (C=O) groups is 1. The molecule has 0 aliphatic heterocycles. The first-order chi connectivity index (χ1) is 10.1. The lowest BCUT2D eigenvalue weighted by molar-refractivity contribution is -0.116. The molecule has 1 N–H and O–H groups in total. The minimum absolute atomic E-state index is 0.221. The van der Waals surface area contributed by atoms with Crippen LogP contribution in [0, 0.1) is 0 Å². The zero-order chi connectivity index (χ0) is 15.2. The second-order valence-corrected chi connectivity index (χ2v) is 5.56. The summed E-state index contributed by atoms with van der Waals surface area (Å²) in [5.41, 5.74) is 1.60. The van der Waals surface area contributed by atoms with E-state index in [1.54, 1.807) is 30.3 Å². The summed E-state index contributed by atoms with van der Waals surface area (Å²) in [6.45, 7) is 0.372. The van der Waals surface area contributed by atoms with Crippen LogP contribution in [0.4, 0.5) is 0 Å². The molecule has 0 radical (unpaired) electrons. The van der Waals surface area contributed by atoms with Crippen LogP contribution < -0.4 is 5.32 Å². The summed E-state index contributed by atoms with van der Waals surface area (Å²) < 4.78 is 0. The van der Waals surface area contributed by atoms with Crippen LogP contribution in [-0.2, 0) is 11.3 Å². The van der Waals surface area contributed by atoms with Crippen LogP contribution in [-0.4, -0.2) is 5.91 Å². The molecule has 2 nitrogen and oxygen atoms in total. The maximum Gasteiger partial charge on any atom is 0.244 e. The van der Waals surface area contributed by atoms with Crippen molar-refractivity contribution in [3.05, 3.63) is 74.7 Å². The number of rotatable bonds is 4. The second-order valence-electron chi connectivity index (χ2n) is 4.31. The van der Waals surface area contributed by atoms with E-state index in [0.29, 0.717) is 21.6 Å². The van der Waals surface area contributed by atoms with E-state index in [2.05, 4.69) is 5.32 Å². The van der Waals surface area contributed by atoms with Crippen molar-refractivity contribution in [1.29, 1.82) is 0 Å². The van der Waals surface area contributed by atoms with Gasteiger partial charge in [0.25, 0.3) is 0 Å². The van der Waals surface area contributed by atoms with E-state index >= 15 is 0 Å². The number of benzene rings is 2. The van der Waals surface area contributed by atoms with Crippen molar-refractivity contribution < 1.29 is 4.79 Å². The van der Waals surface area contributed by atoms with Crippen LogP contribution in [0.5, 0.6) is 0 Å². The predicted octanol–water partition coefficient (Wildman–Crippen LogP) is 4.98. The molecule has 2 aromatic rings. The van der Waals surface area contributed by atoms with Crippen molar-refractivity contribution in [1.82, 2.24) is 5.32 Å². The molecule has 0 saturated carbocycles. The molecular weight excluding hydrogens is 329 g/mol. The van der Waals surface area contributed by atoms with Gasteiger partial charge in [-0.15, -0.1) is 0 Å². The van der Waals surface area contributed by atoms with Crippen LogP contribution in [0.1, 0.15) is 11.1 Å². The minimum atomic E-state index is -0.221. The summed E-state index contributed by atoms with van der Waals surface area (Å²) >= 11 is 17.9. The van der Waals surface area contributed by atoms with Crippen LogP contribution in [0.3, 0.4) is 0 Å². The smallest absolute Gasteiger partial charge is 0.244 e. The molecule has 5 heteroatoms. The van der Waals surface area contributed by atoms with Crippen molar-refractivity contribution in [3.63, 3.8) is 0 Å². The quantitative estimate of drug-likeness (QED) is 0.782. The summed E-state index contributed by atoms with van der Waals surface area (Å²) in [6.07, 6.45) is 3.06. The van der Waals surface area contributed by atoms with Gasteiger partial charge in [-0.3, -0.25) is 4.79 Å². The Kier molecular flexibility index (Phi) is 5.68. The van der Waals surface area contributed by atoms with Gasteiger partial charge in [-0.1, -0.05) is 59.1 Å². The van der Waals surface area contributed by atoms with Crippen LogP contribution in [0.2, 0.25) is 15.1 Å². The maximum absolute atomic E-state index is 11.8. The Hall–Kier alpha value is -1.48. The first-order valence-corrected chi connectivity index (χ1v) is 7.34. The highest BCUT2D eigenvalue weighted by Crippen LogP contribution is 2.22. The monoisotopic (exact) mass is 339 g/mol. The number of halogens is 3. The minimum Gasteiger partial charge on any atom is -0.348 e. The molecule has 0 fully saturated rings. The highest BCUT2D eigenvalue weighted by molar-refractivity contribution is 6.35. The van der Waals surface area contributed by atoms with Gasteiger partial charge >= 0.3 is 0 Å². The van der Waals surface area contributed by atoms with E-state index in [4.69, 9.17) is 34.8 Å². The van der Waals surface area contributed by atoms with Crippen molar-refractivity contribution in [2.45, 2.75) is 6.54 Å². The highest BCUT2D eigenvalue weighted by atomic mass is 35.5. The average molecular weight is 341 g/mol. The normalized spacial score (nSPS) is 10.8. The zero-order valence-corrected chi connectivity index (χ0v) is 13.2. The second kappa shape index (κ2) is 7.51. The molecule has 0 spiro atoms. The van der Waals surface area contributed by atoms with Crippen LogP contribution in [0.25, 0.3) is 6.08 Å². The summed E-state index contributed by atoms with van der Waals surface area (Å²) in [5.74, 6) is -0.221. The number of hydrogen-bond acceptors (Lipinski definition) is 1.